The van der Waals surface area contributed by atoms with Crippen LogP contribution in [-0.4, -0.2) is 49.7 Å². The van der Waals surface area contributed by atoms with Gasteiger partial charge < -0.3 is 4.90 Å². The molecular formula is C16H24N2O3S. The molecule has 1 heterocycles. The van der Waals surface area contributed by atoms with Crippen molar-refractivity contribution in [3.8, 4) is 0 Å². The fourth-order valence-electron chi connectivity index (χ4n) is 2.58. The zero-order chi connectivity index (χ0) is 16.3. The summed E-state index contributed by atoms with van der Waals surface area (Å²) in [4.78, 5) is 13.7. The number of sulfonamides is 1. The first kappa shape index (κ1) is 17.0. The third-order valence-corrected chi connectivity index (χ3v) is 5.95. The Labute approximate surface area is 133 Å². The van der Waals surface area contributed by atoms with Crippen molar-refractivity contribution in [3.63, 3.8) is 0 Å². The highest BCUT2D eigenvalue weighted by atomic mass is 32.2. The van der Waals surface area contributed by atoms with E-state index in [-0.39, 0.29) is 11.8 Å². The van der Waals surface area contributed by atoms with E-state index >= 15 is 0 Å². The van der Waals surface area contributed by atoms with E-state index in [0.29, 0.717) is 37.5 Å². The van der Waals surface area contributed by atoms with E-state index in [4.69, 9.17) is 0 Å². The first-order valence-corrected chi connectivity index (χ1v) is 9.18. The van der Waals surface area contributed by atoms with Crippen molar-refractivity contribution in [2.24, 2.45) is 0 Å². The summed E-state index contributed by atoms with van der Waals surface area (Å²) < 4.78 is 26.9. The fraction of sp³-hybridized carbons (Fsp3) is 0.562. The van der Waals surface area contributed by atoms with Gasteiger partial charge in [0.2, 0.25) is 15.9 Å². The van der Waals surface area contributed by atoms with E-state index in [2.05, 4.69) is 0 Å². The maximum atomic E-state index is 12.7. The van der Waals surface area contributed by atoms with Crippen molar-refractivity contribution in [1.29, 1.82) is 0 Å². The Bertz CT molecular complexity index is 633. The van der Waals surface area contributed by atoms with Crippen LogP contribution < -0.4 is 0 Å². The molecule has 1 aromatic carbocycles. The largest absolute Gasteiger partial charge is 0.340 e. The van der Waals surface area contributed by atoms with Crippen LogP contribution >= 0.6 is 0 Å². The Morgan fingerprint density at radius 1 is 1.18 bits per heavy atom. The molecule has 0 atom stereocenters. The lowest BCUT2D eigenvalue weighted by molar-refractivity contribution is -0.132. The molecular weight excluding hydrogens is 300 g/mol. The zero-order valence-electron chi connectivity index (χ0n) is 13.4. The second-order valence-corrected chi connectivity index (χ2v) is 7.80. The minimum absolute atomic E-state index is 0.0823. The summed E-state index contributed by atoms with van der Waals surface area (Å²) >= 11 is 0. The van der Waals surface area contributed by atoms with Gasteiger partial charge in [0.25, 0.3) is 0 Å². The van der Waals surface area contributed by atoms with Gasteiger partial charge in [-0.1, -0.05) is 32.9 Å². The molecule has 122 valence electrons. The number of carbonyl (C=O) groups is 1. The molecule has 0 aromatic heterocycles. The van der Waals surface area contributed by atoms with Crippen molar-refractivity contribution in [3.05, 3.63) is 29.8 Å². The van der Waals surface area contributed by atoms with Gasteiger partial charge in [-0.3, -0.25) is 4.79 Å². The molecule has 6 heteroatoms. The molecule has 1 saturated heterocycles. The van der Waals surface area contributed by atoms with Gasteiger partial charge in [0.05, 0.1) is 4.90 Å². The SMILES string of the molecule is CCC(=O)N1CCN(S(=O)(=O)c2cccc(C(C)C)c2)CC1. The Kier molecular flexibility index (Phi) is 5.24. The highest BCUT2D eigenvalue weighted by molar-refractivity contribution is 7.89. The summed E-state index contributed by atoms with van der Waals surface area (Å²) in [7, 11) is -3.48. The van der Waals surface area contributed by atoms with Gasteiger partial charge >= 0.3 is 0 Å². The van der Waals surface area contributed by atoms with Gasteiger partial charge in [0.15, 0.2) is 0 Å². The molecule has 0 unspecified atom stereocenters. The summed E-state index contributed by atoms with van der Waals surface area (Å²) in [6.07, 6.45) is 0.461. The van der Waals surface area contributed by atoms with Gasteiger partial charge in [-0.2, -0.15) is 4.31 Å². The Hall–Kier alpha value is -1.40. The van der Waals surface area contributed by atoms with Crippen molar-refractivity contribution in [2.75, 3.05) is 26.2 Å². The number of rotatable bonds is 4. The quantitative estimate of drug-likeness (QED) is 0.852. The van der Waals surface area contributed by atoms with Crippen LogP contribution in [0.25, 0.3) is 0 Å². The Morgan fingerprint density at radius 3 is 2.36 bits per heavy atom. The monoisotopic (exact) mass is 324 g/mol. The lowest BCUT2D eigenvalue weighted by atomic mass is 10.0. The lowest BCUT2D eigenvalue weighted by Gasteiger charge is -2.34. The van der Waals surface area contributed by atoms with Crippen LogP contribution in [0.1, 0.15) is 38.7 Å². The number of amides is 1. The molecule has 0 spiro atoms. The van der Waals surface area contributed by atoms with Gasteiger partial charge in [0, 0.05) is 32.6 Å². The number of nitrogens with zero attached hydrogens (tertiary/aromatic N) is 2. The summed E-state index contributed by atoms with van der Waals surface area (Å²) in [5, 5.41) is 0. The average molecular weight is 324 g/mol. The molecule has 0 bridgehead atoms. The van der Waals surface area contributed by atoms with Crippen LogP contribution in [0.5, 0.6) is 0 Å². The minimum atomic E-state index is -3.48. The van der Waals surface area contributed by atoms with E-state index in [1.54, 1.807) is 23.1 Å². The Balaban J connectivity index is 2.15. The van der Waals surface area contributed by atoms with Gasteiger partial charge in [-0.25, -0.2) is 8.42 Å². The Morgan fingerprint density at radius 2 is 1.82 bits per heavy atom. The molecule has 0 saturated carbocycles. The maximum Gasteiger partial charge on any atom is 0.243 e. The first-order valence-electron chi connectivity index (χ1n) is 7.74. The molecule has 1 fully saturated rings. The maximum absolute atomic E-state index is 12.7. The van der Waals surface area contributed by atoms with Gasteiger partial charge in [-0.15, -0.1) is 0 Å². The predicted molar refractivity (Wildman–Crippen MR) is 86.2 cm³/mol. The molecule has 0 aliphatic carbocycles. The summed E-state index contributed by atoms with van der Waals surface area (Å²) in [5.41, 5.74) is 1.01. The number of hydrogen-bond donors (Lipinski definition) is 0. The van der Waals surface area contributed by atoms with Crippen LogP contribution in [0.2, 0.25) is 0 Å². The summed E-state index contributed by atoms with van der Waals surface area (Å²) in [5.74, 6) is 0.369. The van der Waals surface area contributed by atoms with E-state index < -0.39 is 10.0 Å². The predicted octanol–water partition coefficient (Wildman–Crippen LogP) is 2.05. The van der Waals surface area contributed by atoms with Crippen molar-refractivity contribution in [2.45, 2.75) is 38.0 Å². The highest BCUT2D eigenvalue weighted by Gasteiger charge is 2.29. The fourth-order valence-corrected chi connectivity index (χ4v) is 4.06. The van der Waals surface area contributed by atoms with Gasteiger partial charge in [-0.05, 0) is 23.6 Å². The molecule has 1 aromatic rings. The number of benzene rings is 1. The van der Waals surface area contributed by atoms with Crippen LogP contribution in [0.3, 0.4) is 0 Å². The van der Waals surface area contributed by atoms with Crippen LogP contribution in [0.4, 0.5) is 0 Å². The molecule has 22 heavy (non-hydrogen) atoms. The molecule has 5 nitrogen and oxygen atoms in total. The normalized spacial score (nSPS) is 17.0. The topological polar surface area (TPSA) is 57.7 Å². The van der Waals surface area contributed by atoms with Gasteiger partial charge in [0.1, 0.15) is 0 Å². The smallest absolute Gasteiger partial charge is 0.243 e. The molecule has 1 aliphatic heterocycles. The zero-order valence-corrected chi connectivity index (χ0v) is 14.3. The van der Waals surface area contributed by atoms with E-state index in [9.17, 15) is 13.2 Å². The number of piperazine rings is 1. The molecule has 0 radical (unpaired) electrons. The van der Waals surface area contributed by atoms with Crippen molar-refractivity contribution >= 4 is 15.9 Å². The highest BCUT2D eigenvalue weighted by Crippen LogP contribution is 2.22. The summed E-state index contributed by atoms with van der Waals surface area (Å²) in [6, 6.07) is 7.13. The van der Waals surface area contributed by atoms with Crippen molar-refractivity contribution in [1.82, 2.24) is 9.21 Å². The molecule has 1 aliphatic rings. The number of carbonyl (C=O) groups excluding carboxylic acids is 1. The van der Waals surface area contributed by atoms with Crippen LogP contribution in [0, 0.1) is 0 Å². The molecule has 0 N–H and O–H groups in total. The van der Waals surface area contributed by atoms with E-state index in [1.807, 2.05) is 26.8 Å². The van der Waals surface area contributed by atoms with E-state index in [0.717, 1.165) is 5.56 Å². The lowest BCUT2D eigenvalue weighted by Crippen LogP contribution is -2.50. The standard InChI is InChI=1S/C16H24N2O3S/c1-4-16(19)17-8-10-18(11-9-17)22(20,21)15-7-5-6-14(12-15)13(2)3/h5-7,12-13H,4,8-11H2,1-3H3. The first-order chi connectivity index (χ1) is 10.4. The molecule has 1 amide bonds. The van der Waals surface area contributed by atoms with Crippen LogP contribution in [0.15, 0.2) is 29.2 Å². The second kappa shape index (κ2) is 6.79. The molecule has 2 rings (SSSR count). The second-order valence-electron chi connectivity index (χ2n) is 5.87. The van der Waals surface area contributed by atoms with Crippen molar-refractivity contribution < 1.29 is 13.2 Å². The third kappa shape index (κ3) is 3.50. The van der Waals surface area contributed by atoms with Crippen LogP contribution in [-0.2, 0) is 14.8 Å². The third-order valence-electron chi connectivity index (χ3n) is 4.06. The average Bonchev–Trinajstić information content (AvgIpc) is 2.54. The van der Waals surface area contributed by atoms with E-state index in [1.165, 1.54) is 4.31 Å². The summed E-state index contributed by atoms with van der Waals surface area (Å²) in [6.45, 7) is 7.57. The minimum Gasteiger partial charge on any atom is -0.340 e. The number of hydrogen-bond acceptors (Lipinski definition) is 3.